The molecule has 0 saturated carbocycles. The number of aryl methyl sites for hydroxylation is 1. The van der Waals surface area contributed by atoms with Crippen LogP contribution in [0.5, 0.6) is 0 Å². The van der Waals surface area contributed by atoms with E-state index in [1.54, 1.807) is 36.1 Å². The predicted molar refractivity (Wildman–Crippen MR) is 114 cm³/mol. The van der Waals surface area contributed by atoms with Gasteiger partial charge in [0.1, 0.15) is 0 Å². The third-order valence-electron chi connectivity index (χ3n) is 4.33. The molecule has 12 heteroatoms. The summed E-state index contributed by atoms with van der Waals surface area (Å²) in [5.41, 5.74) is 1.90. The monoisotopic (exact) mass is 470 g/mol. The number of halogens is 3. The summed E-state index contributed by atoms with van der Waals surface area (Å²) in [6, 6.07) is 5.23. The second-order valence-electron chi connectivity index (χ2n) is 6.52. The first-order chi connectivity index (χ1) is 14.2. The number of hydrogen-bond acceptors (Lipinski definition) is 5. The van der Waals surface area contributed by atoms with Crippen molar-refractivity contribution >= 4 is 52.2 Å². The average molecular weight is 472 g/mol. The number of rotatable bonds is 8. The first-order valence-corrected chi connectivity index (χ1v) is 10.0. The second kappa shape index (κ2) is 9.46. The Morgan fingerprint density at radius 1 is 1.30 bits per heavy atom. The molecule has 0 spiro atoms. The van der Waals surface area contributed by atoms with Gasteiger partial charge >= 0.3 is 5.82 Å². The van der Waals surface area contributed by atoms with E-state index in [2.05, 4.69) is 15.5 Å². The van der Waals surface area contributed by atoms with Crippen LogP contribution in [0.25, 0.3) is 0 Å². The zero-order valence-electron chi connectivity index (χ0n) is 15.8. The van der Waals surface area contributed by atoms with E-state index in [0.717, 1.165) is 5.56 Å². The van der Waals surface area contributed by atoms with Crippen LogP contribution in [0.4, 0.5) is 11.5 Å². The maximum Gasteiger partial charge on any atom is 0.408 e. The number of nitrogens with one attached hydrogen (secondary N) is 1. The summed E-state index contributed by atoms with van der Waals surface area (Å²) in [5.74, 6) is -0.587. The number of anilines is 1. The molecular formula is C18H17Cl3N6O3. The fraction of sp³-hybridized carbons (Fsp3) is 0.278. The van der Waals surface area contributed by atoms with Crippen molar-refractivity contribution in [2.24, 2.45) is 0 Å². The fourth-order valence-electron chi connectivity index (χ4n) is 2.79. The van der Waals surface area contributed by atoms with Crippen molar-refractivity contribution in [3.05, 3.63) is 67.0 Å². The number of carbonyl (C=O) groups is 1. The Morgan fingerprint density at radius 2 is 2.07 bits per heavy atom. The van der Waals surface area contributed by atoms with Gasteiger partial charge in [0.2, 0.25) is 5.91 Å². The van der Waals surface area contributed by atoms with Crippen molar-refractivity contribution in [3.63, 3.8) is 0 Å². The molecule has 0 aliphatic carbocycles. The van der Waals surface area contributed by atoms with E-state index in [1.807, 2.05) is 6.07 Å². The third-order valence-corrected chi connectivity index (χ3v) is 5.36. The molecule has 2 aromatic heterocycles. The van der Waals surface area contributed by atoms with Crippen molar-refractivity contribution in [2.75, 3.05) is 5.32 Å². The van der Waals surface area contributed by atoms with Crippen molar-refractivity contribution in [1.29, 1.82) is 0 Å². The molecule has 0 bridgehead atoms. The van der Waals surface area contributed by atoms with Crippen molar-refractivity contribution in [1.82, 2.24) is 19.6 Å². The number of hydrogen-bond donors (Lipinski definition) is 1. The predicted octanol–water partition coefficient (Wildman–Crippen LogP) is 4.72. The number of aromatic nitrogens is 4. The molecule has 2 heterocycles. The number of nitrogens with zero attached hydrogens (tertiary/aromatic N) is 5. The summed E-state index contributed by atoms with van der Waals surface area (Å²) in [4.78, 5) is 22.4. The summed E-state index contributed by atoms with van der Waals surface area (Å²) in [6.45, 7) is 2.41. The van der Waals surface area contributed by atoms with Crippen LogP contribution in [0.1, 0.15) is 24.1 Å². The van der Waals surface area contributed by atoms with E-state index in [4.69, 9.17) is 34.8 Å². The number of carbonyl (C=O) groups excluding carboxylic acids is 1. The topological polar surface area (TPSA) is 108 Å². The quantitative estimate of drug-likeness (QED) is 0.377. The lowest BCUT2D eigenvalue weighted by Gasteiger charge is -2.05. The van der Waals surface area contributed by atoms with Gasteiger partial charge in [-0.15, -0.1) is 0 Å². The summed E-state index contributed by atoms with van der Waals surface area (Å²) < 4.78 is 3.08. The highest BCUT2D eigenvalue weighted by atomic mass is 35.5. The van der Waals surface area contributed by atoms with E-state index in [-0.39, 0.29) is 23.2 Å². The number of nitro groups is 1. The first-order valence-electron chi connectivity index (χ1n) is 8.88. The lowest BCUT2D eigenvalue weighted by Crippen LogP contribution is -2.13. The van der Waals surface area contributed by atoms with Gasteiger partial charge in [-0.25, -0.2) is 0 Å². The van der Waals surface area contributed by atoms with Gasteiger partial charge in [-0.05, 0) is 36.0 Å². The zero-order chi connectivity index (χ0) is 21.8. The summed E-state index contributed by atoms with van der Waals surface area (Å²) in [7, 11) is 0. The Bertz CT molecular complexity index is 1100. The van der Waals surface area contributed by atoms with Gasteiger partial charge < -0.3 is 15.4 Å². The van der Waals surface area contributed by atoms with E-state index in [1.165, 1.54) is 4.68 Å². The van der Waals surface area contributed by atoms with Crippen molar-refractivity contribution in [2.45, 2.75) is 32.9 Å². The summed E-state index contributed by atoms with van der Waals surface area (Å²) in [5, 5.41) is 22.8. The lowest BCUT2D eigenvalue weighted by molar-refractivity contribution is -0.389. The van der Waals surface area contributed by atoms with Crippen LogP contribution in [0, 0.1) is 17.0 Å². The molecule has 0 aliphatic heterocycles. The van der Waals surface area contributed by atoms with E-state index >= 15 is 0 Å². The second-order valence-corrected chi connectivity index (χ2v) is 7.74. The van der Waals surface area contributed by atoms with Crippen molar-refractivity contribution < 1.29 is 9.72 Å². The van der Waals surface area contributed by atoms with Crippen LogP contribution in [0.2, 0.25) is 15.1 Å². The van der Waals surface area contributed by atoms with E-state index in [0.29, 0.717) is 40.9 Å². The lowest BCUT2D eigenvalue weighted by atomic mass is 10.2. The highest BCUT2D eigenvalue weighted by Gasteiger charge is 2.23. The summed E-state index contributed by atoms with van der Waals surface area (Å²) in [6.07, 6.45) is 3.89. The van der Waals surface area contributed by atoms with Crippen LogP contribution >= 0.6 is 34.8 Å². The number of benzene rings is 1. The molecule has 0 atom stereocenters. The van der Waals surface area contributed by atoms with Gasteiger partial charge in [-0.3, -0.25) is 9.48 Å². The molecule has 0 unspecified atom stereocenters. The Labute approximate surface area is 186 Å². The van der Waals surface area contributed by atoms with Gasteiger partial charge in [-0.2, -0.15) is 9.78 Å². The Kier molecular flexibility index (Phi) is 6.96. The van der Waals surface area contributed by atoms with Crippen molar-refractivity contribution in [3.8, 4) is 0 Å². The van der Waals surface area contributed by atoms with Gasteiger partial charge in [0.15, 0.2) is 5.02 Å². The smallest absolute Gasteiger partial charge is 0.358 e. The van der Waals surface area contributed by atoms with E-state index < -0.39 is 4.92 Å². The van der Waals surface area contributed by atoms with Crippen LogP contribution < -0.4 is 5.32 Å². The first kappa shape index (κ1) is 22.1. The molecule has 3 aromatic rings. The molecular weight excluding hydrogens is 455 g/mol. The molecule has 1 aromatic carbocycles. The number of amides is 1. The minimum absolute atomic E-state index is 0.0117. The Balaban J connectivity index is 1.51. The molecule has 0 aliphatic rings. The van der Waals surface area contributed by atoms with Crippen LogP contribution in [-0.2, 0) is 17.9 Å². The third kappa shape index (κ3) is 5.29. The molecule has 9 nitrogen and oxygen atoms in total. The van der Waals surface area contributed by atoms with Gasteiger partial charge in [0.25, 0.3) is 0 Å². The van der Waals surface area contributed by atoms with Gasteiger partial charge in [0, 0.05) is 22.7 Å². The van der Waals surface area contributed by atoms with Crippen LogP contribution in [0.15, 0.2) is 30.6 Å². The Hall–Kier alpha value is -2.62. The molecule has 0 saturated heterocycles. The highest BCUT2D eigenvalue weighted by Crippen LogP contribution is 2.26. The SMILES string of the molecule is Cc1c(Cl)c([N+](=O)[O-])nn1CCCC(=O)Nc1cnn(Cc2ccc(Cl)cc2Cl)c1. The Morgan fingerprint density at radius 3 is 2.73 bits per heavy atom. The summed E-state index contributed by atoms with van der Waals surface area (Å²) >= 11 is 18.0. The largest absolute Gasteiger partial charge is 0.408 e. The maximum atomic E-state index is 12.2. The van der Waals surface area contributed by atoms with E-state index in [9.17, 15) is 14.9 Å². The molecule has 1 amide bonds. The fourth-order valence-corrected chi connectivity index (χ4v) is 3.47. The minimum atomic E-state index is -0.632. The minimum Gasteiger partial charge on any atom is -0.358 e. The molecule has 1 N–H and O–H groups in total. The average Bonchev–Trinajstić information content (AvgIpc) is 3.23. The van der Waals surface area contributed by atoms with Crippen LogP contribution in [0.3, 0.4) is 0 Å². The van der Waals surface area contributed by atoms with Gasteiger partial charge in [0.05, 0.1) is 35.8 Å². The maximum absolute atomic E-state index is 12.2. The normalized spacial score (nSPS) is 10.9. The molecule has 0 radical (unpaired) electrons. The van der Waals surface area contributed by atoms with Crippen LogP contribution in [-0.4, -0.2) is 30.4 Å². The zero-order valence-corrected chi connectivity index (χ0v) is 18.1. The molecule has 158 valence electrons. The molecule has 30 heavy (non-hydrogen) atoms. The standard InChI is InChI=1S/C18H17Cl3N6O3/c1-11-17(21)18(27(29)30)24-26(11)6-2-3-16(28)23-14-8-22-25(10-14)9-12-4-5-13(19)7-15(12)20/h4-5,7-8,10H,2-3,6,9H2,1H3,(H,23,28). The van der Waals surface area contributed by atoms with Gasteiger partial charge in [-0.1, -0.05) is 40.9 Å². The molecule has 0 fully saturated rings. The highest BCUT2D eigenvalue weighted by molar-refractivity contribution is 6.35. The molecule has 3 rings (SSSR count).